The van der Waals surface area contributed by atoms with E-state index in [-0.39, 0.29) is 18.1 Å². The maximum absolute atomic E-state index is 12.6. The first-order valence-electron chi connectivity index (χ1n) is 10.6. The van der Waals surface area contributed by atoms with Crippen molar-refractivity contribution in [1.82, 2.24) is 29.3 Å². The third-order valence-electron chi connectivity index (χ3n) is 6.26. The van der Waals surface area contributed by atoms with Gasteiger partial charge >= 0.3 is 6.09 Å². The van der Waals surface area contributed by atoms with E-state index in [2.05, 4.69) is 17.1 Å². The lowest BCUT2D eigenvalue weighted by Gasteiger charge is -2.50. The number of amides is 1. The maximum Gasteiger partial charge on any atom is 0.410 e. The second-order valence-electron chi connectivity index (χ2n) is 9.75. The van der Waals surface area contributed by atoms with E-state index >= 15 is 0 Å². The highest BCUT2D eigenvalue weighted by atomic mass is 16.6. The van der Waals surface area contributed by atoms with Crippen molar-refractivity contribution in [3.05, 3.63) is 30.9 Å². The van der Waals surface area contributed by atoms with Crippen LogP contribution in [0.3, 0.4) is 0 Å². The van der Waals surface area contributed by atoms with Crippen LogP contribution in [0.1, 0.15) is 40.5 Å². The molecule has 0 aromatic carbocycles. The molecule has 9 heteroatoms. The minimum absolute atomic E-state index is 0.141. The fourth-order valence-electron chi connectivity index (χ4n) is 4.78. The van der Waals surface area contributed by atoms with Gasteiger partial charge < -0.3 is 14.4 Å². The van der Waals surface area contributed by atoms with Crippen molar-refractivity contribution >= 4 is 11.6 Å². The van der Waals surface area contributed by atoms with E-state index < -0.39 is 11.2 Å². The van der Waals surface area contributed by atoms with E-state index in [1.165, 1.54) is 0 Å². The van der Waals surface area contributed by atoms with Gasteiger partial charge in [-0.3, -0.25) is 4.68 Å². The van der Waals surface area contributed by atoms with Crippen LogP contribution in [-0.4, -0.2) is 59.2 Å². The SMILES string of the molecule is Cn1cc(-c2cn3nccc3c(OC3(C)CC4C3CCN4C(=O)OC(C)(C)C)n2)cn1. The fourth-order valence-corrected chi connectivity index (χ4v) is 4.78. The zero-order valence-corrected chi connectivity index (χ0v) is 18.6. The summed E-state index contributed by atoms with van der Waals surface area (Å²) in [4.78, 5) is 19.2. The number of hydrogen-bond acceptors (Lipinski definition) is 6. The molecule has 31 heavy (non-hydrogen) atoms. The quantitative estimate of drug-likeness (QED) is 0.641. The molecule has 3 atom stereocenters. The molecule has 3 unspecified atom stereocenters. The summed E-state index contributed by atoms with van der Waals surface area (Å²) in [6.07, 6.45) is 8.70. The summed E-state index contributed by atoms with van der Waals surface area (Å²) < 4.78 is 15.7. The second-order valence-corrected chi connectivity index (χ2v) is 9.75. The summed E-state index contributed by atoms with van der Waals surface area (Å²) in [6.45, 7) is 8.48. The summed E-state index contributed by atoms with van der Waals surface area (Å²) in [5.41, 5.74) is 1.58. The van der Waals surface area contributed by atoms with E-state index in [4.69, 9.17) is 14.5 Å². The molecule has 1 saturated carbocycles. The lowest BCUT2D eigenvalue weighted by atomic mass is 9.66. The molecule has 0 bridgehead atoms. The Morgan fingerprint density at radius 2 is 2.06 bits per heavy atom. The van der Waals surface area contributed by atoms with Crippen LogP contribution in [0.2, 0.25) is 0 Å². The van der Waals surface area contributed by atoms with Gasteiger partial charge in [0.2, 0.25) is 5.88 Å². The van der Waals surface area contributed by atoms with Crippen molar-refractivity contribution in [3.8, 4) is 17.1 Å². The van der Waals surface area contributed by atoms with Crippen molar-refractivity contribution in [2.45, 2.75) is 57.8 Å². The number of rotatable bonds is 3. The summed E-state index contributed by atoms with van der Waals surface area (Å²) >= 11 is 0. The lowest BCUT2D eigenvalue weighted by molar-refractivity contribution is -0.0903. The first-order valence-corrected chi connectivity index (χ1v) is 10.6. The van der Waals surface area contributed by atoms with E-state index in [1.807, 2.05) is 51.2 Å². The Kier molecular flexibility index (Phi) is 4.29. The molecule has 3 aromatic rings. The highest BCUT2D eigenvalue weighted by Crippen LogP contribution is 2.51. The summed E-state index contributed by atoms with van der Waals surface area (Å²) in [6, 6.07) is 2.04. The molecule has 0 N–H and O–H groups in total. The Hall–Kier alpha value is -3.10. The lowest BCUT2D eigenvalue weighted by Crippen LogP contribution is -2.61. The number of aromatic nitrogens is 5. The molecule has 3 aromatic heterocycles. The van der Waals surface area contributed by atoms with Gasteiger partial charge in [0.25, 0.3) is 0 Å². The number of fused-ring (bicyclic) bond motifs is 2. The molecule has 1 amide bonds. The van der Waals surface area contributed by atoms with Crippen LogP contribution in [0.25, 0.3) is 16.8 Å². The first kappa shape index (κ1) is 19.8. The monoisotopic (exact) mass is 424 g/mol. The topological polar surface area (TPSA) is 86.8 Å². The molecule has 1 aliphatic carbocycles. The highest BCUT2D eigenvalue weighted by molar-refractivity contribution is 5.69. The first-order chi connectivity index (χ1) is 14.6. The predicted molar refractivity (Wildman–Crippen MR) is 114 cm³/mol. The molecule has 164 valence electrons. The van der Waals surface area contributed by atoms with Crippen LogP contribution in [0.5, 0.6) is 5.88 Å². The number of hydrogen-bond donors (Lipinski definition) is 0. The molecule has 0 radical (unpaired) electrons. The minimum Gasteiger partial charge on any atom is -0.469 e. The van der Waals surface area contributed by atoms with Crippen molar-refractivity contribution in [3.63, 3.8) is 0 Å². The van der Waals surface area contributed by atoms with Gasteiger partial charge in [-0.05, 0) is 40.2 Å². The smallest absolute Gasteiger partial charge is 0.410 e. The van der Waals surface area contributed by atoms with Gasteiger partial charge in [-0.15, -0.1) is 0 Å². The van der Waals surface area contributed by atoms with Gasteiger partial charge in [-0.1, -0.05) is 0 Å². The molecule has 5 rings (SSSR count). The van der Waals surface area contributed by atoms with Crippen molar-refractivity contribution in [2.24, 2.45) is 13.0 Å². The maximum atomic E-state index is 12.6. The van der Waals surface area contributed by atoms with Crippen molar-refractivity contribution in [2.75, 3.05) is 6.54 Å². The standard InChI is InChI=1S/C22H28N6O3/c1-21(2,3)31-20(29)27-9-7-15-18(27)10-22(15,4)30-19-17-6-8-23-28(17)13-16(25-19)14-11-24-26(5)12-14/h6,8,11-13,15,18H,7,9-10H2,1-5H3. The predicted octanol–water partition coefficient (Wildman–Crippen LogP) is 3.30. The van der Waals surface area contributed by atoms with Crippen molar-refractivity contribution in [1.29, 1.82) is 0 Å². The average Bonchev–Trinajstić information content (AvgIpc) is 3.38. The summed E-state index contributed by atoms with van der Waals surface area (Å²) in [5.74, 6) is 0.794. The number of carbonyl (C=O) groups excluding carboxylic acids is 1. The fraction of sp³-hybridized carbons (Fsp3) is 0.545. The molecule has 0 spiro atoms. The molecule has 4 heterocycles. The van der Waals surface area contributed by atoms with Gasteiger partial charge in [-0.25, -0.2) is 14.3 Å². The molecule has 9 nitrogen and oxygen atoms in total. The van der Waals surface area contributed by atoms with Gasteiger partial charge in [0.15, 0.2) is 0 Å². The Bertz CT molecular complexity index is 1150. The van der Waals surface area contributed by atoms with Crippen LogP contribution in [0.4, 0.5) is 4.79 Å². The third-order valence-corrected chi connectivity index (χ3v) is 6.26. The normalized spacial score (nSPS) is 25.4. The number of nitrogens with zero attached hydrogens (tertiary/aromatic N) is 6. The molecule has 2 fully saturated rings. The van der Waals surface area contributed by atoms with Crippen LogP contribution in [0, 0.1) is 5.92 Å². The molecular formula is C22H28N6O3. The van der Waals surface area contributed by atoms with E-state index in [9.17, 15) is 4.79 Å². The Morgan fingerprint density at radius 1 is 1.26 bits per heavy atom. The zero-order chi connectivity index (χ0) is 22.0. The Morgan fingerprint density at radius 3 is 2.77 bits per heavy atom. The van der Waals surface area contributed by atoms with E-state index in [0.29, 0.717) is 12.4 Å². The van der Waals surface area contributed by atoms with Crippen LogP contribution < -0.4 is 4.74 Å². The number of ether oxygens (including phenoxy) is 2. The number of carbonyl (C=O) groups is 1. The molecule has 2 aliphatic rings. The highest BCUT2D eigenvalue weighted by Gasteiger charge is 2.59. The zero-order valence-electron chi connectivity index (χ0n) is 18.6. The van der Waals surface area contributed by atoms with E-state index in [0.717, 1.165) is 29.6 Å². The number of likely N-dealkylation sites (tertiary alicyclic amines) is 1. The van der Waals surface area contributed by atoms with Crippen LogP contribution in [-0.2, 0) is 11.8 Å². The number of aryl methyl sites for hydroxylation is 1. The minimum atomic E-state index is -0.497. The van der Waals surface area contributed by atoms with Gasteiger partial charge in [0.1, 0.15) is 16.7 Å². The largest absolute Gasteiger partial charge is 0.469 e. The molecular weight excluding hydrogens is 396 g/mol. The summed E-state index contributed by atoms with van der Waals surface area (Å²) in [7, 11) is 1.87. The van der Waals surface area contributed by atoms with Gasteiger partial charge in [-0.2, -0.15) is 10.2 Å². The Labute approximate surface area is 181 Å². The average molecular weight is 425 g/mol. The van der Waals surface area contributed by atoms with E-state index in [1.54, 1.807) is 21.6 Å². The second kappa shape index (κ2) is 6.70. The van der Waals surface area contributed by atoms with Crippen molar-refractivity contribution < 1.29 is 14.3 Å². The van der Waals surface area contributed by atoms with Crippen LogP contribution in [0.15, 0.2) is 30.9 Å². The summed E-state index contributed by atoms with van der Waals surface area (Å²) in [5, 5.41) is 8.62. The molecule has 1 aliphatic heterocycles. The Balaban J connectivity index is 1.39. The molecule has 1 saturated heterocycles. The third kappa shape index (κ3) is 3.41. The van der Waals surface area contributed by atoms with Gasteiger partial charge in [0.05, 0.1) is 24.3 Å². The van der Waals surface area contributed by atoms with Gasteiger partial charge in [0, 0.05) is 43.7 Å². The van der Waals surface area contributed by atoms with Crippen LogP contribution >= 0.6 is 0 Å².